The molecular weight excluding hydrogens is 340 g/mol. The Kier molecular flexibility index (Phi) is 6.72. The van der Waals surface area contributed by atoms with Crippen LogP contribution in [0.25, 0.3) is 0 Å². The van der Waals surface area contributed by atoms with Gasteiger partial charge in [0.15, 0.2) is 0 Å². The normalized spacial score (nSPS) is 21.1. The standard InChI is InChI=1S/C21H32N4O2/c1-17(2)15-25-16-18(14-20(25)26)21(27)22-8-9-23-10-12-24(13-11-23)19-6-4-3-5-7-19/h3-7,17-18H,8-16H2,1-2H3,(H,22,27). The lowest BCUT2D eigenvalue weighted by Crippen LogP contribution is -2.48. The first-order valence-corrected chi connectivity index (χ1v) is 10.1. The van der Waals surface area contributed by atoms with Crippen LogP contribution >= 0.6 is 0 Å². The largest absolute Gasteiger partial charge is 0.369 e. The molecule has 148 valence electrons. The summed E-state index contributed by atoms with van der Waals surface area (Å²) in [5.74, 6) is 0.384. The van der Waals surface area contributed by atoms with Crippen LogP contribution in [0.1, 0.15) is 20.3 Å². The summed E-state index contributed by atoms with van der Waals surface area (Å²) in [6, 6.07) is 10.5. The molecule has 1 unspecified atom stereocenters. The Hall–Kier alpha value is -2.08. The van der Waals surface area contributed by atoms with Crippen LogP contribution in [0.15, 0.2) is 30.3 Å². The molecule has 3 rings (SSSR count). The van der Waals surface area contributed by atoms with Crippen molar-refractivity contribution in [2.45, 2.75) is 20.3 Å². The predicted molar refractivity (Wildman–Crippen MR) is 108 cm³/mol. The third-order valence-electron chi connectivity index (χ3n) is 5.39. The fourth-order valence-electron chi connectivity index (χ4n) is 3.92. The molecule has 6 heteroatoms. The number of amides is 2. The molecule has 0 spiro atoms. The summed E-state index contributed by atoms with van der Waals surface area (Å²) in [6.07, 6.45) is 0.355. The van der Waals surface area contributed by atoms with Crippen molar-refractivity contribution in [3.8, 4) is 0 Å². The van der Waals surface area contributed by atoms with Gasteiger partial charge in [-0.05, 0) is 18.1 Å². The van der Waals surface area contributed by atoms with E-state index in [9.17, 15) is 9.59 Å². The number of para-hydroxylation sites is 1. The molecule has 1 N–H and O–H groups in total. The highest BCUT2D eigenvalue weighted by molar-refractivity contribution is 5.89. The highest BCUT2D eigenvalue weighted by Gasteiger charge is 2.34. The summed E-state index contributed by atoms with van der Waals surface area (Å²) >= 11 is 0. The van der Waals surface area contributed by atoms with Gasteiger partial charge >= 0.3 is 0 Å². The van der Waals surface area contributed by atoms with Crippen LogP contribution in [0.3, 0.4) is 0 Å². The van der Waals surface area contributed by atoms with Crippen molar-refractivity contribution in [2.24, 2.45) is 11.8 Å². The molecule has 0 bridgehead atoms. The number of likely N-dealkylation sites (tertiary alicyclic amines) is 1. The molecule has 2 heterocycles. The maximum Gasteiger partial charge on any atom is 0.225 e. The van der Waals surface area contributed by atoms with E-state index in [-0.39, 0.29) is 17.7 Å². The van der Waals surface area contributed by atoms with Crippen LogP contribution in [0.4, 0.5) is 5.69 Å². The first-order chi connectivity index (χ1) is 13.0. The lowest BCUT2D eigenvalue weighted by atomic mass is 10.1. The van der Waals surface area contributed by atoms with Gasteiger partial charge in [-0.15, -0.1) is 0 Å². The molecular formula is C21H32N4O2. The van der Waals surface area contributed by atoms with Gasteiger partial charge in [-0.1, -0.05) is 32.0 Å². The lowest BCUT2D eigenvalue weighted by molar-refractivity contribution is -0.129. The van der Waals surface area contributed by atoms with E-state index in [1.807, 2.05) is 11.0 Å². The second-order valence-corrected chi connectivity index (χ2v) is 8.05. The molecule has 1 atom stereocenters. The van der Waals surface area contributed by atoms with E-state index in [0.29, 0.717) is 25.4 Å². The molecule has 2 aliphatic rings. The minimum absolute atomic E-state index is 0.0255. The third kappa shape index (κ3) is 5.45. The molecule has 2 saturated heterocycles. The fourth-order valence-corrected chi connectivity index (χ4v) is 3.92. The number of hydrogen-bond acceptors (Lipinski definition) is 4. The van der Waals surface area contributed by atoms with Gasteiger partial charge in [-0.3, -0.25) is 14.5 Å². The van der Waals surface area contributed by atoms with E-state index in [1.54, 1.807) is 0 Å². The minimum atomic E-state index is -0.189. The zero-order chi connectivity index (χ0) is 19.2. The number of carbonyl (C=O) groups excluding carboxylic acids is 2. The van der Waals surface area contributed by atoms with Gasteiger partial charge in [0.05, 0.1) is 5.92 Å². The molecule has 0 radical (unpaired) electrons. The Balaban J connectivity index is 1.35. The van der Waals surface area contributed by atoms with Crippen molar-refractivity contribution in [2.75, 3.05) is 57.3 Å². The molecule has 1 aromatic rings. The van der Waals surface area contributed by atoms with Crippen LogP contribution in [0.5, 0.6) is 0 Å². The Morgan fingerprint density at radius 3 is 2.52 bits per heavy atom. The van der Waals surface area contributed by atoms with E-state index in [4.69, 9.17) is 0 Å². The second kappa shape index (κ2) is 9.22. The van der Waals surface area contributed by atoms with Crippen molar-refractivity contribution < 1.29 is 9.59 Å². The van der Waals surface area contributed by atoms with Crippen LogP contribution in [0.2, 0.25) is 0 Å². The predicted octanol–water partition coefficient (Wildman–Crippen LogP) is 1.43. The highest BCUT2D eigenvalue weighted by Crippen LogP contribution is 2.19. The van der Waals surface area contributed by atoms with Crippen molar-refractivity contribution in [1.82, 2.24) is 15.1 Å². The monoisotopic (exact) mass is 372 g/mol. The van der Waals surface area contributed by atoms with Gasteiger partial charge < -0.3 is 15.1 Å². The molecule has 0 saturated carbocycles. The molecule has 0 aromatic heterocycles. The van der Waals surface area contributed by atoms with E-state index >= 15 is 0 Å². The number of piperazine rings is 1. The summed E-state index contributed by atoms with van der Waals surface area (Å²) in [6.45, 7) is 11.1. The number of hydrogen-bond donors (Lipinski definition) is 1. The van der Waals surface area contributed by atoms with Crippen molar-refractivity contribution in [3.63, 3.8) is 0 Å². The molecule has 1 aromatic carbocycles. The number of nitrogens with zero attached hydrogens (tertiary/aromatic N) is 3. The summed E-state index contributed by atoms with van der Waals surface area (Å²) in [4.78, 5) is 31.0. The van der Waals surface area contributed by atoms with Crippen LogP contribution in [0, 0.1) is 11.8 Å². The number of benzene rings is 1. The molecule has 27 heavy (non-hydrogen) atoms. The summed E-state index contributed by atoms with van der Waals surface area (Å²) < 4.78 is 0. The van der Waals surface area contributed by atoms with Crippen LogP contribution < -0.4 is 10.2 Å². The topological polar surface area (TPSA) is 55.9 Å². The second-order valence-electron chi connectivity index (χ2n) is 8.05. The Morgan fingerprint density at radius 1 is 1.15 bits per heavy atom. The van der Waals surface area contributed by atoms with Crippen LogP contribution in [-0.2, 0) is 9.59 Å². The molecule has 2 amide bonds. The van der Waals surface area contributed by atoms with E-state index in [1.165, 1.54) is 5.69 Å². The van der Waals surface area contributed by atoms with Gasteiger partial charge in [-0.2, -0.15) is 0 Å². The van der Waals surface area contributed by atoms with Crippen LogP contribution in [-0.4, -0.2) is 74.0 Å². The maximum atomic E-state index is 12.4. The summed E-state index contributed by atoms with van der Waals surface area (Å²) in [5, 5.41) is 3.04. The molecule has 0 aliphatic carbocycles. The lowest BCUT2D eigenvalue weighted by Gasteiger charge is -2.36. The number of rotatable bonds is 7. The van der Waals surface area contributed by atoms with Gasteiger partial charge in [-0.25, -0.2) is 0 Å². The van der Waals surface area contributed by atoms with Gasteiger partial charge in [0, 0.05) is 64.5 Å². The zero-order valence-electron chi connectivity index (χ0n) is 16.6. The summed E-state index contributed by atoms with van der Waals surface area (Å²) in [5.41, 5.74) is 1.28. The Morgan fingerprint density at radius 2 is 1.85 bits per heavy atom. The third-order valence-corrected chi connectivity index (χ3v) is 5.39. The smallest absolute Gasteiger partial charge is 0.225 e. The summed E-state index contributed by atoms with van der Waals surface area (Å²) in [7, 11) is 0. The van der Waals surface area contributed by atoms with E-state index < -0.39 is 0 Å². The Bertz CT molecular complexity index is 626. The quantitative estimate of drug-likeness (QED) is 0.787. The molecule has 6 nitrogen and oxygen atoms in total. The average molecular weight is 373 g/mol. The number of nitrogens with one attached hydrogen (secondary N) is 1. The SMILES string of the molecule is CC(C)CN1CC(C(=O)NCCN2CCN(c3ccccc3)CC2)CC1=O. The average Bonchev–Trinajstić information content (AvgIpc) is 3.03. The van der Waals surface area contributed by atoms with Gasteiger partial charge in [0.25, 0.3) is 0 Å². The minimum Gasteiger partial charge on any atom is -0.369 e. The van der Waals surface area contributed by atoms with E-state index in [2.05, 4.69) is 53.2 Å². The highest BCUT2D eigenvalue weighted by atomic mass is 16.2. The van der Waals surface area contributed by atoms with Gasteiger partial charge in [0.1, 0.15) is 0 Å². The fraction of sp³-hybridized carbons (Fsp3) is 0.619. The number of anilines is 1. The van der Waals surface area contributed by atoms with Crippen molar-refractivity contribution in [1.29, 1.82) is 0 Å². The first kappa shape index (κ1) is 19.7. The number of carbonyl (C=O) groups is 2. The first-order valence-electron chi connectivity index (χ1n) is 10.1. The maximum absolute atomic E-state index is 12.4. The molecule has 2 fully saturated rings. The van der Waals surface area contributed by atoms with Gasteiger partial charge in [0.2, 0.25) is 11.8 Å². The Labute approximate surface area is 162 Å². The zero-order valence-corrected chi connectivity index (χ0v) is 16.6. The van der Waals surface area contributed by atoms with E-state index in [0.717, 1.165) is 39.3 Å². The van der Waals surface area contributed by atoms with Crippen molar-refractivity contribution >= 4 is 17.5 Å². The van der Waals surface area contributed by atoms with Crippen molar-refractivity contribution in [3.05, 3.63) is 30.3 Å². The molecule has 2 aliphatic heterocycles.